The van der Waals surface area contributed by atoms with Crippen LogP contribution in [0.1, 0.15) is 29.4 Å². The first-order valence-electron chi connectivity index (χ1n) is 8.33. The summed E-state index contributed by atoms with van der Waals surface area (Å²) in [6, 6.07) is 12.1. The summed E-state index contributed by atoms with van der Waals surface area (Å²) in [5.74, 6) is -2.65. The Balaban J connectivity index is 1.81. The summed E-state index contributed by atoms with van der Waals surface area (Å²) >= 11 is 5.30. The van der Waals surface area contributed by atoms with Crippen LogP contribution in [0, 0.1) is 11.6 Å². The van der Waals surface area contributed by atoms with E-state index in [1.165, 1.54) is 6.07 Å². The molecule has 0 spiro atoms. The van der Waals surface area contributed by atoms with Gasteiger partial charge >= 0.3 is 0 Å². The number of hydrogen-bond donors (Lipinski definition) is 1. The molecule has 2 aromatic carbocycles. The van der Waals surface area contributed by atoms with Crippen molar-refractivity contribution in [1.29, 1.82) is 0 Å². The van der Waals surface area contributed by atoms with Crippen LogP contribution in [0.4, 0.5) is 14.5 Å². The third-order valence-electron chi connectivity index (χ3n) is 4.11. The van der Waals surface area contributed by atoms with E-state index in [-0.39, 0.29) is 0 Å². The number of aryl methyl sites for hydroxylation is 1. The number of anilines is 1. The molecule has 0 aliphatic heterocycles. The van der Waals surface area contributed by atoms with Crippen molar-refractivity contribution in [2.45, 2.75) is 13.3 Å². The molecule has 4 nitrogen and oxygen atoms in total. The van der Waals surface area contributed by atoms with Gasteiger partial charge in [0.2, 0.25) is 0 Å². The monoisotopic (exact) mass is 385 g/mol. The van der Waals surface area contributed by atoms with Crippen LogP contribution in [0.15, 0.2) is 48.5 Å². The second-order valence-electron chi connectivity index (χ2n) is 5.94. The number of benzene rings is 2. The van der Waals surface area contributed by atoms with Crippen molar-refractivity contribution in [2.75, 3.05) is 5.32 Å². The van der Waals surface area contributed by atoms with Crippen LogP contribution in [-0.4, -0.2) is 20.6 Å². The number of hydrogen-bond acceptors (Lipinski definition) is 3. The lowest BCUT2D eigenvalue weighted by atomic mass is 10.1. The van der Waals surface area contributed by atoms with Crippen molar-refractivity contribution < 1.29 is 13.6 Å². The van der Waals surface area contributed by atoms with Crippen LogP contribution in [-0.2, 0) is 7.05 Å². The van der Waals surface area contributed by atoms with E-state index in [2.05, 4.69) is 10.4 Å². The fourth-order valence-electron chi connectivity index (χ4n) is 2.69. The van der Waals surface area contributed by atoms with Gasteiger partial charge < -0.3 is 5.32 Å². The van der Waals surface area contributed by atoms with Crippen LogP contribution in [0.25, 0.3) is 11.3 Å². The molecule has 0 saturated carbocycles. The van der Waals surface area contributed by atoms with Crippen molar-refractivity contribution in [2.24, 2.45) is 7.05 Å². The minimum atomic E-state index is -0.904. The molecule has 0 atom stereocenters. The molecule has 0 radical (unpaired) electrons. The lowest BCUT2D eigenvalue weighted by molar-refractivity contribution is 0.101. The van der Waals surface area contributed by atoms with E-state index in [4.69, 9.17) is 12.2 Å². The van der Waals surface area contributed by atoms with Crippen molar-refractivity contribution in [1.82, 2.24) is 9.78 Å². The summed E-state index contributed by atoms with van der Waals surface area (Å²) in [6.07, 6.45) is 0.739. The zero-order valence-corrected chi connectivity index (χ0v) is 15.6. The predicted octanol–water partition coefficient (Wildman–Crippen LogP) is 4.75. The van der Waals surface area contributed by atoms with Crippen molar-refractivity contribution in [3.63, 3.8) is 0 Å². The highest BCUT2D eigenvalue weighted by atomic mass is 32.1. The van der Waals surface area contributed by atoms with Gasteiger partial charge in [0.15, 0.2) is 0 Å². The molecule has 1 N–H and O–H groups in total. The first-order valence-corrected chi connectivity index (χ1v) is 8.74. The average Bonchev–Trinajstić information content (AvgIpc) is 3.03. The Hall–Kier alpha value is -2.93. The first-order chi connectivity index (χ1) is 12.9. The Morgan fingerprint density at radius 3 is 2.37 bits per heavy atom. The predicted molar refractivity (Wildman–Crippen MR) is 105 cm³/mol. The van der Waals surface area contributed by atoms with E-state index in [1.807, 2.05) is 20.0 Å². The van der Waals surface area contributed by atoms with Gasteiger partial charge in [0.1, 0.15) is 17.2 Å². The van der Waals surface area contributed by atoms with Gasteiger partial charge in [0.05, 0.1) is 11.4 Å². The number of halogens is 2. The lowest BCUT2D eigenvalue weighted by Crippen LogP contribution is -2.15. The van der Waals surface area contributed by atoms with Crippen LogP contribution >= 0.6 is 12.2 Å². The summed E-state index contributed by atoms with van der Waals surface area (Å²) in [5.41, 5.74) is 2.34. The third-order valence-corrected chi connectivity index (χ3v) is 4.61. The van der Waals surface area contributed by atoms with Gasteiger partial charge in [-0.15, -0.1) is 0 Å². The highest BCUT2D eigenvalue weighted by molar-refractivity contribution is 7.80. The molecule has 1 amide bonds. The standard InChI is InChI=1S/C20H17F2N3OS/c1-3-18(27)16-11-17(25(2)24-16)12-7-9-13(10-8-12)23-20(26)19-14(21)5-4-6-15(19)22/h4-11H,3H2,1-2H3,(H,23,26). The fourth-order valence-corrected chi connectivity index (χ4v) is 2.79. The zero-order chi connectivity index (χ0) is 19.6. The second-order valence-corrected chi connectivity index (χ2v) is 6.44. The van der Waals surface area contributed by atoms with E-state index >= 15 is 0 Å². The van der Waals surface area contributed by atoms with E-state index < -0.39 is 23.1 Å². The van der Waals surface area contributed by atoms with Gasteiger partial charge in [-0.05, 0) is 42.3 Å². The molecule has 3 rings (SSSR count). The molecule has 0 aliphatic carbocycles. The minimum Gasteiger partial charge on any atom is -0.322 e. The van der Waals surface area contributed by atoms with Gasteiger partial charge in [0, 0.05) is 17.6 Å². The summed E-state index contributed by atoms with van der Waals surface area (Å²) < 4.78 is 29.2. The number of carbonyl (C=O) groups is 1. The van der Waals surface area contributed by atoms with Gasteiger partial charge in [0.25, 0.3) is 5.91 Å². The van der Waals surface area contributed by atoms with Crippen molar-refractivity contribution in [3.8, 4) is 11.3 Å². The molecule has 0 unspecified atom stereocenters. The number of aromatic nitrogens is 2. The van der Waals surface area contributed by atoms with Crippen LogP contribution in [0.3, 0.4) is 0 Å². The van der Waals surface area contributed by atoms with Gasteiger partial charge in [-0.3, -0.25) is 9.48 Å². The molecule has 7 heteroatoms. The highest BCUT2D eigenvalue weighted by Crippen LogP contribution is 2.23. The minimum absolute atomic E-state index is 0.429. The van der Waals surface area contributed by atoms with E-state index in [0.717, 1.165) is 40.4 Å². The average molecular weight is 385 g/mol. The SMILES string of the molecule is CCC(=S)c1cc(-c2ccc(NC(=O)c3c(F)cccc3F)cc2)n(C)n1. The maximum atomic E-state index is 13.7. The molecule has 0 fully saturated rings. The number of rotatable bonds is 5. The molecular weight excluding hydrogens is 368 g/mol. The maximum absolute atomic E-state index is 13.7. The number of thiocarbonyl (C=S) groups is 1. The summed E-state index contributed by atoms with van der Waals surface area (Å²) in [6.45, 7) is 1.98. The highest BCUT2D eigenvalue weighted by Gasteiger charge is 2.17. The first kappa shape index (κ1) is 18.8. The molecule has 138 valence electrons. The van der Waals surface area contributed by atoms with Crippen LogP contribution < -0.4 is 5.32 Å². The normalized spacial score (nSPS) is 10.7. The van der Waals surface area contributed by atoms with Gasteiger partial charge in [-0.25, -0.2) is 8.78 Å². The zero-order valence-electron chi connectivity index (χ0n) is 14.8. The van der Waals surface area contributed by atoms with E-state index in [1.54, 1.807) is 28.9 Å². The number of nitrogens with one attached hydrogen (secondary N) is 1. The molecular formula is C20H17F2N3OS. The molecule has 0 aliphatic rings. The number of carbonyl (C=O) groups excluding carboxylic acids is 1. The maximum Gasteiger partial charge on any atom is 0.261 e. The van der Waals surface area contributed by atoms with E-state index in [9.17, 15) is 13.6 Å². The Morgan fingerprint density at radius 2 is 1.78 bits per heavy atom. The Kier molecular flexibility index (Phi) is 5.41. The van der Waals surface area contributed by atoms with Gasteiger partial charge in [-0.1, -0.05) is 37.3 Å². The van der Waals surface area contributed by atoms with Crippen LogP contribution in [0.2, 0.25) is 0 Å². The van der Waals surface area contributed by atoms with Crippen molar-refractivity contribution >= 4 is 28.7 Å². The fraction of sp³-hybridized carbons (Fsp3) is 0.150. The summed E-state index contributed by atoms with van der Waals surface area (Å²) in [7, 11) is 1.83. The van der Waals surface area contributed by atoms with Gasteiger partial charge in [-0.2, -0.15) is 5.10 Å². The topological polar surface area (TPSA) is 46.9 Å². The molecule has 0 bridgehead atoms. The van der Waals surface area contributed by atoms with E-state index in [0.29, 0.717) is 5.69 Å². The number of nitrogens with zero attached hydrogens (tertiary/aromatic N) is 2. The second kappa shape index (κ2) is 7.75. The Bertz CT molecular complexity index is 992. The molecule has 1 heterocycles. The third kappa shape index (κ3) is 3.93. The molecule has 1 aromatic heterocycles. The molecule has 3 aromatic rings. The lowest BCUT2D eigenvalue weighted by Gasteiger charge is -2.08. The quantitative estimate of drug-likeness (QED) is 0.509. The molecule has 0 saturated heterocycles. The Morgan fingerprint density at radius 1 is 1.15 bits per heavy atom. The van der Waals surface area contributed by atoms with Crippen molar-refractivity contribution in [3.05, 3.63) is 71.4 Å². The largest absolute Gasteiger partial charge is 0.322 e. The summed E-state index contributed by atoms with van der Waals surface area (Å²) in [4.78, 5) is 12.9. The number of amides is 1. The smallest absolute Gasteiger partial charge is 0.261 e. The summed E-state index contributed by atoms with van der Waals surface area (Å²) in [5, 5.41) is 6.91. The Labute approximate surface area is 160 Å². The molecule has 27 heavy (non-hydrogen) atoms. The van der Waals surface area contributed by atoms with Crippen LogP contribution in [0.5, 0.6) is 0 Å².